The monoisotopic (exact) mass is 282 g/mol. The van der Waals surface area contributed by atoms with Crippen molar-refractivity contribution in [2.24, 2.45) is 5.92 Å². The molecule has 0 spiro atoms. The van der Waals surface area contributed by atoms with Gasteiger partial charge in [0.2, 0.25) is 5.91 Å². The Bertz CT molecular complexity index is 544. The average Bonchev–Trinajstić information content (AvgIpc) is 2.35. The van der Waals surface area contributed by atoms with Crippen LogP contribution in [-0.4, -0.2) is 15.8 Å². The highest BCUT2D eigenvalue weighted by Crippen LogP contribution is 2.28. The molecule has 9 nitrogen and oxygen atoms in total. The van der Waals surface area contributed by atoms with Gasteiger partial charge in [-0.3, -0.25) is 35.9 Å². The quantitative estimate of drug-likeness (QED) is 0.606. The summed E-state index contributed by atoms with van der Waals surface area (Å²) >= 11 is 0. The first kappa shape index (κ1) is 15.3. The van der Waals surface area contributed by atoms with Gasteiger partial charge in [0.15, 0.2) is 0 Å². The maximum Gasteiger partial charge on any atom is 0.300 e. The molecule has 20 heavy (non-hydrogen) atoms. The Morgan fingerprint density at radius 3 is 2.40 bits per heavy atom. The van der Waals surface area contributed by atoms with Crippen LogP contribution in [0.1, 0.15) is 20.3 Å². The number of hydrogen-bond acceptors (Lipinski definition) is 6. The van der Waals surface area contributed by atoms with Crippen molar-refractivity contribution < 1.29 is 14.6 Å². The number of nitrogens with zero attached hydrogens (tertiary/aromatic N) is 2. The van der Waals surface area contributed by atoms with Crippen molar-refractivity contribution in [1.82, 2.24) is 5.43 Å². The highest BCUT2D eigenvalue weighted by atomic mass is 16.6. The topological polar surface area (TPSA) is 127 Å². The molecule has 1 amide bonds. The smallest absolute Gasteiger partial charge is 0.292 e. The summed E-state index contributed by atoms with van der Waals surface area (Å²) < 4.78 is 0. The second-order valence-corrected chi connectivity index (χ2v) is 4.49. The molecule has 0 aliphatic heterocycles. The van der Waals surface area contributed by atoms with Gasteiger partial charge < -0.3 is 0 Å². The van der Waals surface area contributed by atoms with Crippen molar-refractivity contribution in [3.63, 3.8) is 0 Å². The van der Waals surface area contributed by atoms with Gasteiger partial charge in [0.1, 0.15) is 5.69 Å². The van der Waals surface area contributed by atoms with E-state index in [1.165, 1.54) is 6.07 Å². The molecule has 0 fully saturated rings. The third-order valence-electron chi connectivity index (χ3n) is 2.32. The maximum atomic E-state index is 11.4. The van der Waals surface area contributed by atoms with E-state index in [-0.39, 0.29) is 23.9 Å². The fourth-order valence-corrected chi connectivity index (χ4v) is 1.45. The number of carbonyl (C=O) groups excluding carboxylic acids is 1. The van der Waals surface area contributed by atoms with Gasteiger partial charge in [-0.2, -0.15) is 0 Å². The number of benzene rings is 1. The molecule has 2 N–H and O–H groups in total. The molecule has 1 aromatic carbocycles. The minimum Gasteiger partial charge on any atom is -0.292 e. The molecule has 0 aliphatic rings. The number of rotatable bonds is 6. The number of nitrogens with one attached hydrogen (secondary N) is 2. The number of anilines is 1. The van der Waals surface area contributed by atoms with Crippen molar-refractivity contribution >= 4 is 23.0 Å². The Balaban J connectivity index is 2.87. The number of non-ortho nitro benzene ring substituents is 1. The summed E-state index contributed by atoms with van der Waals surface area (Å²) in [7, 11) is 0. The van der Waals surface area contributed by atoms with Crippen LogP contribution in [0.3, 0.4) is 0 Å². The van der Waals surface area contributed by atoms with Crippen molar-refractivity contribution in [1.29, 1.82) is 0 Å². The standard InChI is InChI=1S/C11H14N4O5/c1-7(2)5-11(16)13-12-9-4-3-8(14(17)18)6-10(9)15(19)20/h3-4,6-7,12H,5H2,1-2H3,(H,13,16). The van der Waals surface area contributed by atoms with Gasteiger partial charge in [-0.1, -0.05) is 13.8 Å². The second kappa shape index (κ2) is 6.45. The molecule has 0 saturated heterocycles. The van der Waals surface area contributed by atoms with Gasteiger partial charge in [0.05, 0.1) is 15.9 Å². The summed E-state index contributed by atoms with van der Waals surface area (Å²) in [6, 6.07) is 3.12. The fraction of sp³-hybridized carbons (Fsp3) is 0.364. The van der Waals surface area contributed by atoms with Crippen molar-refractivity contribution in [2.45, 2.75) is 20.3 Å². The molecule has 1 aromatic rings. The fourth-order valence-electron chi connectivity index (χ4n) is 1.45. The highest BCUT2D eigenvalue weighted by Gasteiger charge is 2.19. The largest absolute Gasteiger partial charge is 0.300 e. The van der Waals surface area contributed by atoms with Crippen LogP contribution in [-0.2, 0) is 4.79 Å². The SMILES string of the molecule is CC(C)CC(=O)NNc1ccc([N+](=O)[O-])cc1[N+](=O)[O-]. The molecule has 0 aliphatic carbocycles. The summed E-state index contributed by atoms with van der Waals surface area (Å²) in [5.41, 5.74) is 3.82. The highest BCUT2D eigenvalue weighted by molar-refractivity contribution is 5.78. The molecule has 0 atom stereocenters. The van der Waals surface area contributed by atoms with Gasteiger partial charge in [0.25, 0.3) is 5.69 Å². The zero-order chi connectivity index (χ0) is 15.3. The molecular weight excluding hydrogens is 268 g/mol. The predicted octanol–water partition coefficient (Wildman–Crippen LogP) is 1.99. The van der Waals surface area contributed by atoms with Gasteiger partial charge >= 0.3 is 5.69 Å². The lowest BCUT2D eigenvalue weighted by Crippen LogP contribution is -2.30. The van der Waals surface area contributed by atoms with E-state index in [9.17, 15) is 25.0 Å². The van der Waals surface area contributed by atoms with Crippen molar-refractivity contribution in [3.8, 4) is 0 Å². The third-order valence-corrected chi connectivity index (χ3v) is 2.32. The van der Waals surface area contributed by atoms with E-state index in [2.05, 4.69) is 10.9 Å². The van der Waals surface area contributed by atoms with Crippen LogP contribution in [0.4, 0.5) is 17.1 Å². The molecule has 108 valence electrons. The van der Waals surface area contributed by atoms with Crippen molar-refractivity contribution in [3.05, 3.63) is 38.4 Å². The van der Waals surface area contributed by atoms with Gasteiger partial charge in [0, 0.05) is 12.5 Å². The Kier molecular flexibility index (Phi) is 4.95. The third kappa shape index (κ3) is 4.19. The number of hydrazine groups is 1. The molecule has 0 unspecified atom stereocenters. The number of hydrogen-bond donors (Lipinski definition) is 2. The zero-order valence-corrected chi connectivity index (χ0v) is 11.0. The lowest BCUT2D eigenvalue weighted by molar-refractivity contribution is -0.393. The van der Waals surface area contributed by atoms with E-state index < -0.39 is 21.2 Å². The summed E-state index contributed by atoms with van der Waals surface area (Å²) in [6.07, 6.45) is 0.258. The molecule has 0 heterocycles. The second-order valence-electron chi connectivity index (χ2n) is 4.49. The van der Waals surface area contributed by atoms with E-state index in [1.54, 1.807) is 0 Å². The van der Waals surface area contributed by atoms with E-state index in [0.717, 1.165) is 12.1 Å². The number of nitro benzene ring substituents is 2. The summed E-state index contributed by atoms with van der Waals surface area (Å²) in [4.78, 5) is 31.4. The van der Waals surface area contributed by atoms with E-state index in [1.807, 2.05) is 13.8 Å². The van der Waals surface area contributed by atoms with Crippen LogP contribution < -0.4 is 10.9 Å². The predicted molar refractivity (Wildman–Crippen MR) is 71.0 cm³/mol. The molecule has 0 radical (unpaired) electrons. The molecule has 0 aromatic heterocycles. The molecule has 1 rings (SSSR count). The molecule has 0 saturated carbocycles. The molecule has 9 heteroatoms. The summed E-state index contributed by atoms with van der Waals surface area (Å²) in [6.45, 7) is 3.71. The number of nitro groups is 2. The molecular formula is C11H14N4O5. The number of amides is 1. The summed E-state index contributed by atoms with van der Waals surface area (Å²) in [5.74, 6) is -0.184. The minimum atomic E-state index is -0.760. The van der Waals surface area contributed by atoms with E-state index in [4.69, 9.17) is 0 Å². The van der Waals surface area contributed by atoms with Crippen LogP contribution in [0.5, 0.6) is 0 Å². The van der Waals surface area contributed by atoms with Crippen LogP contribution in [0.25, 0.3) is 0 Å². The Morgan fingerprint density at radius 2 is 1.90 bits per heavy atom. The first-order valence-corrected chi connectivity index (χ1v) is 5.79. The Hall–Kier alpha value is -2.71. The lowest BCUT2D eigenvalue weighted by Gasteiger charge is -2.09. The Morgan fingerprint density at radius 1 is 1.25 bits per heavy atom. The number of carbonyl (C=O) groups is 1. The zero-order valence-electron chi connectivity index (χ0n) is 11.0. The first-order valence-electron chi connectivity index (χ1n) is 5.79. The van der Waals surface area contributed by atoms with Gasteiger partial charge in [-0.25, -0.2) is 0 Å². The van der Waals surface area contributed by atoms with E-state index in [0.29, 0.717) is 0 Å². The van der Waals surface area contributed by atoms with Crippen LogP contribution >= 0.6 is 0 Å². The van der Waals surface area contributed by atoms with E-state index >= 15 is 0 Å². The molecule has 0 bridgehead atoms. The maximum absolute atomic E-state index is 11.4. The van der Waals surface area contributed by atoms with Crippen LogP contribution in [0.15, 0.2) is 18.2 Å². The minimum absolute atomic E-state index is 0.0160. The van der Waals surface area contributed by atoms with Crippen LogP contribution in [0.2, 0.25) is 0 Å². The van der Waals surface area contributed by atoms with Gasteiger partial charge in [-0.05, 0) is 12.0 Å². The van der Waals surface area contributed by atoms with Crippen molar-refractivity contribution in [2.75, 3.05) is 5.43 Å². The summed E-state index contributed by atoms with van der Waals surface area (Å²) in [5, 5.41) is 21.4. The average molecular weight is 282 g/mol. The normalized spacial score (nSPS) is 10.2. The van der Waals surface area contributed by atoms with Gasteiger partial charge in [-0.15, -0.1) is 0 Å². The Labute approximate surface area is 114 Å². The lowest BCUT2D eigenvalue weighted by atomic mass is 10.1. The first-order chi connectivity index (χ1) is 9.31. The van der Waals surface area contributed by atoms with Crippen LogP contribution in [0, 0.1) is 26.1 Å².